The predicted octanol–water partition coefficient (Wildman–Crippen LogP) is 4.34. The first-order chi connectivity index (χ1) is 10.1. The topological polar surface area (TPSA) is 34.9 Å². The molecule has 0 radical (unpaired) electrons. The van der Waals surface area contributed by atoms with Gasteiger partial charge >= 0.3 is 0 Å². The molecule has 0 aliphatic carbocycles. The van der Waals surface area contributed by atoms with Gasteiger partial charge in [-0.1, -0.05) is 41.1 Å². The molecule has 0 unspecified atom stereocenters. The van der Waals surface area contributed by atoms with Gasteiger partial charge in [-0.2, -0.15) is 5.10 Å². The highest BCUT2D eigenvalue weighted by atomic mass is 79.9. The van der Waals surface area contributed by atoms with Crippen molar-refractivity contribution in [3.8, 4) is 0 Å². The second-order valence-electron chi connectivity index (χ2n) is 4.86. The van der Waals surface area contributed by atoms with E-state index in [1.54, 1.807) is 0 Å². The molecule has 1 heterocycles. The number of aryl methyl sites for hydroxylation is 2. The number of Topliss-reactive ketones (excluding diaryl/α,β-unsaturated/α-hetero) is 1. The molecule has 0 saturated heterocycles. The molecule has 5 heteroatoms. The van der Waals surface area contributed by atoms with E-state index >= 15 is 0 Å². The number of hydrogen-bond acceptors (Lipinski definition) is 2. The molecule has 0 bridgehead atoms. The minimum atomic E-state index is 0.194. The molecule has 2 rings (SSSR count). The molecule has 21 heavy (non-hydrogen) atoms. The van der Waals surface area contributed by atoms with Crippen LogP contribution in [0.25, 0.3) is 0 Å². The van der Waals surface area contributed by atoms with Crippen molar-refractivity contribution < 1.29 is 4.79 Å². The summed E-state index contributed by atoms with van der Waals surface area (Å²) in [6.07, 6.45) is 1.70. The Morgan fingerprint density at radius 2 is 1.90 bits per heavy atom. The van der Waals surface area contributed by atoms with Gasteiger partial charge < -0.3 is 0 Å². The number of carbonyl (C=O) groups excluding carboxylic acids is 1. The molecule has 0 N–H and O–H groups in total. The maximum atomic E-state index is 12.4. The minimum absolute atomic E-state index is 0.194. The normalized spacial score (nSPS) is 10.9. The van der Waals surface area contributed by atoms with E-state index < -0.39 is 0 Å². The summed E-state index contributed by atoms with van der Waals surface area (Å²) in [6.45, 7) is 4.89. The molecule has 0 spiro atoms. The number of hydrogen-bond donors (Lipinski definition) is 0. The van der Waals surface area contributed by atoms with Crippen molar-refractivity contribution in [1.82, 2.24) is 9.78 Å². The number of carbonyl (C=O) groups is 1. The average Bonchev–Trinajstić information content (AvgIpc) is 2.77. The Bertz CT molecular complexity index is 650. The van der Waals surface area contributed by atoms with Gasteiger partial charge in [0.1, 0.15) is 5.78 Å². The van der Waals surface area contributed by atoms with E-state index in [9.17, 15) is 4.79 Å². The molecule has 1 aromatic heterocycles. The zero-order valence-electron chi connectivity index (χ0n) is 12.2. The molecule has 0 amide bonds. The fourth-order valence-corrected chi connectivity index (χ4v) is 3.42. The number of aromatic nitrogens is 2. The first kappa shape index (κ1) is 16.4. The van der Waals surface area contributed by atoms with Crippen molar-refractivity contribution in [1.29, 1.82) is 0 Å². The van der Waals surface area contributed by atoms with Crippen LogP contribution in [0.5, 0.6) is 0 Å². The molecule has 112 valence electrons. The van der Waals surface area contributed by atoms with Gasteiger partial charge in [-0.05, 0) is 40.9 Å². The summed E-state index contributed by atoms with van der Waals surface area (Å²) < 4.78 is 3.88. The zero-order chi connectivity index (χ0) is 15.4. The fourth-order valence-electron chi connectivity index (χ4n) is 2.29. The largest absolute Gasteiger partial charge is 0.299 e. The van der Waals surface area contributed by atoms with E-state index in [0.717, 1.165) is 38.9 Å². The lowest BCUT2D eigenvalue weighted by atomic mass is 10.1. The number of benzene rings is 1. The molecule has 0 saturated carbocycles. The van der Waals surface area contributed by atoms with Gasteiger partial charge in [0.05, 0.1) is 15.9 Å². The van der Waals surface area contributed by atoms with Crippen LogP contribution < -0.4 is 0 Å². The van der Waals surface area contributed by atoms with E-state index in [-0.39, 0.29) is 5.78 Å². The first-order valence-electron chi connectivity index (χ1n) is 7.05. The Hall–Kier alpha value is -0.940. The summed E-state index contributed by atoms with van der Waals surface area (Å²) in [5.41, 5.74) is 3.02. The summed E-state index contributed by atoms with van der Waals surface area (Å²) in [5.74, 6) is 0.194. The van der Waals surface area contributed by atoms with Crippen molar-refractivity contribution in [2.24, 2.45) is 0 Å². The third kappa shape index (κ3) is 3.83. The van der Waals surface area contributed by atoms with Crippen molar-refractivity contribution in [3.63, 3.8) is 0 Å². The van der Waals surface area contributed by atoms with Gasteiger partial charge in [0.25, 0.3) is 0 Å². The SMILES string of the molecule is CCc1nn(CC)c(CC(=O)Cc2ccccc2Br)c1Br. The van der Waals surface area contributed by atoms with E-state index in [0.29, 0.717) is 12.8 Å². The van der Waals surface area contributed by atoms with Gasteiger partial charge in [-0.25, -0.2) is 0 Å². The lowest BCUT2D eigenvalue weighted by molar-refractivity contribution is -0.117. The van der Waals surface area contributed by atoms with Crippen LogP contribution in [0.15, 0.2) is 33.2 Å². The number of rotatable bonds is 6. The average molecular weight is 414 g/mol. The molecule has 0 atom stereocenters. The van der Waals surface area contributed by atoms with Crippen molar-refractivity contribution >= 4 is 37.6 Å². The summed E-state index contributed by atoms with van der Waals surface area (Å²) in [5, 5.41) is 4.53. The highest BCUT2D eigenvalue weighted by Crippen LogP contribution is 2.24. The van der Waals surface area contributed by atoms with Crippen molar-refractivity contribution in [3.05, 3.63) is 50.2 Å². The second-order valence-corrected chi connectivity index (χ2v) is 6.51. The third-order valence-corrected chi connectivity index (χ3v) is 5.09. The number of halogens is 2. The quantitative estimate of drug-likeness (QED) is 0.705. The summed E-state index contributed by atoms with van der Waals surface area (Å²) in [4.78, 5) is 12.4. The highest BCUT2D eigenvalue weighted by Gasteiger charge is 2.17. The maximum absolute atomic E-state index is 12.4. The van der Waals surface area contributed by atoms with Gasteiger partial charge in [0, 0.05) is 23.9 Å². The van der Waals surface area contributed by atoms with Crippen LogP contribution in [0.4, 0.5) is 0 Å². The van der Waals surface area contributed by atoms with Crippen LogP contribution in [0.2, 0.25) is 0 Å². The number of ketones is 1. The molecular weight excluding hydrogens is 396 g/mol. The van der Waals surface area contributed by atoms with E-state index in [1.165, 1.54) is 0 Å². The zero-order valence-corrected chi connectivity index (χ0v) is 15.4. The monoisotopic (exact) mass is 412 g/mol. The minimum Gasteiger partial charge on any atom is -0.299 e. The van der Waals surface area contributed by atoms with E-state index in [1.807, 2.05) is 35.9 Å². The lowest BCUT2D eigenvalue weighted by Crippen LogP contribution is -2.12. The van der Waals surface area contributed by atoms with Crippen LogP contribution >= 0.6 is 31.9 Å². The second kappa shape index (κ2) is 7.36. The summed E-state index contributed by atoms with van der Waals surface area (Å²) in [7, 11) is 0. The summed E-state index contributed by atoms with van der Waals surface area (Å²) in [6, 6.07) is 7.85. The molecular formula is C16H18Br2N2O. The van der Waals surface area contributed by atoms with Gasteiger partial charge in [-0.3, -0.25) is 9.48 Å². The Balaban J connectivity index is 2.17. The van der Waals surface area contributed by atoms with Crippen molar-refractivity contribution in [2.75, 3.05) is 0 Å². The van der Waals surface area contributed by atoms with E-state index in [4.69, 9.17) is 0 Å². The van der Waals surface area contributed by atoms with Gasteiger partial charge in [-0.15, -0.1) is 0 Å². The van der Waals surface area contributed by atoms with Gasteiger partial charge in [0.15, 0.2) is 0 Å². The van der Waals surface area contributed by atoms with Crippen LogP contribution in [0.1, 0.15) is 30.8 Å². The van der Waals surface area contributed by atoms with Crippen LogP contribution in [0.3, 0.4) is 0 Å². The molecule has 0 fully saturated rings. The van der Waals surface area contributed by atoms with Crippen molar-refractivity contribution in [2.45, 2.75) is 39.7 Å². The first-order valence-corrected chi connectivity index (χ1v) is 8.64. The summed E-state index contributed by atoms with van der Waals surface area (Å²) >= 11 is 7.08. The third-order valence-electron chi connectivity index (χ3n) is 3.40. The number of nitrogens with zero attached hydrogens (tertiary/aromatic N) is 2. The Labute approximate surface area is 142 Å². The molecule has 2 aromatic rings. The Morgan fingerprint density at radius 3 is 2.52 bits per heavy atom. The van der Waals surface area contributed by atoms with Crippen LogP contribution in [0, 0.1) is 0 Å². The predicted molar refractivity (Wildman–Crippen MR) is 91.5 cm³/mol. The molecule has 0 aliphatic heterocycles. The highest BCUT2D eigenvalue weighted by molar-refractivity contribution is 9.10. The standard InChI is InChI=1S/C16H18Br2N2O/c1-3-14-16(18)15(20(4-2)19-14)10-12(21)9-11-7-5-6-8-13(11)17/h5-8H,3-4,9-10H2,1-2H3. The van der Waals surface area contributed by atoms with Crippen LogP contribution in [-0.2, 0) is 30.6 Å². The van der Waals surface area contributed by atoms with Gasteiger partial charge in [0.2, 0.25) is 0 Å². The maximum Gasteiger partial charge on any atom is 0.143 e. The smallest absolute Gasteiger partial charge is 0.143 e. The molecule has 0 aliphatic rings. The van der Waals surface area contributed by atoms with E-state index in [2.05, 4.69) is 43.9 Å². The Morgan fingerprint density at radius 1 is 1.19 bits per heavy atom. The fraction of sp³-hybridized carbons (Fsp3) is 0.375. The molecule has 1 aromatic carbocycles. The molecule has 3 nitrogen and oxygen atoms in total. The Kier molecular flexibility index (Phi) is 5.76. The van der Waals surface area contributed by atoms with Crippen LogP contribution in [-0.4, -0.2) is 15.6 Å². The lowest BCUT2D eigenvalue weighted by Gasteiger charge is -2.06.